The first-order valence-electron chi connectivity index (χ1n) is 5.67. The highest BCUT2D eigenvalue weighted by atomic mass is 16.5. The molecule has 90 valence electrons. The van der Waals surface area contributed by atoms with Gasteiger partial charge in [0.05, 0.1) is 12.8 Å². The number of aromatic nitrogens is 2. The molecule has 0 saturated heterocycles. The summed E-state index contributed by atoms with van der Waals surface area (Å²) in [5.74, 6) is 0.335. The molecule has 1 aliphatic carbocycles. The van der Waals surface area contributed by atoms with Crippen molar-refractivity contribution in [1.29, 1.82) is 0 Å². The highest BCUT2D eigenvalue weighted by molar-refractivity contribution is 5.92. The Kier molecular flexibility index (Phi) is 2.25. The zero-order valence-electron chi connectivity index (χ0n) is 9.54. The molecule has 2 atom stereocenters. The fourth-order valence-corrected chi connectivity index (χ4v) is 2.03. The van der Waals surface area contributed by atoms with Gasteiger partial charge in [0.15, 0.2) is 5.82 Å². The van der Waals surface area contributed by atoms with Crippen molar-refractivity contribution in [1.82, 2.24) is 9.78 Å². The molecule has 1 aliphatic heterocycles. The summed E-state index contributed by atoms with van der Waals surface area (Å²) in [6, 6.07) is 1.95. The average Bonchev–Trinajstić information content (AvgIpc) is 3.09. The monoisotopic (exact) mass is 234 g/mol. The summed E-state index contributed by atoms with van der Waals surface area (Å²) in [6.07, 6.45) is 3.37. The highest BCUT2D eigenvalue weighted by Gasteiger charge is 2.34. The van der Waals surface area contributed by atoms with Gasteiger partial charge in [0.2, 0.25) is 0 Å². The minimum atomic E-state index is -0.556. The van der Waals surface area contributed by atoms with Crippen LogP contribution in [0.15, 0.2) is 11.1 Å². The number of ether oxygens (including phenoxy) is 1. The maximum Gasteiger partial charge on any atom is 0.317 e. The smallest absolute Gasteiger partial charge is 0.317 e. The van der Waals surface area contributed by atoms with Crippen LogP contribution >= 0.6 is 0 Å². The van der Waals surface area contributed by atoms with Gasteiger partial charge in [0.25, 0.3) is 0 Å². The molecule has 1 saturated carbocycles. The van der Waals surface area contributed by atoms with Crippen molar-refractivity contribution in [3.05, 3.63) is 11.8 Å². The van der Waals surface area contributed by atoms with Crippen molar-refractivity contribution in [3.8, 4) is 0 Å². The van der Waals surface area contributed by atoms with E-state index in [0.29, 0.717) is 5.92 Å². The van der Waals surface area contributed by atoms with Gasteiger partial charge in [-0.25, -0.2) is 9.67 Å². The van der Waals surface area contributed by atoms with Crippen molar-refractivity contribution >= 4 is 18.0 Å². The van der Waals surface area contributed by atoms with E-state index in [4.69, 9.17) is 10.5 Å². The van der Waals surface area contributed by atoms with Crippen LogP contribution in [0, 0.1) is 5.92 Å². The van der Waals surface area contributed by atoms with Gasteiger partial charge >= 0.3 is 5.97 Å². The minimum Gasteiger partial charge on any atom is -0.468 e. The van der Waals surface area contributed by atoms with Gasteiger partial charge in [-0.3, -0.25) is 4.79 Å². The number of hydrogen-bond donors (Lipinski definition) is 1. The summed E-state index contributed by atoms with van der Waals surface area (Å²) in [5.41, 5.74) is 7.04. The van der Waals surface area contributed by atoms with E-state index in [0.717, 1.165) is 11.5 Å². The molecule has 1 aromatic heterocycles. The normalized spacial score (nSPS) is 26.7. The summed E-state index contributed by atoms with van der Waals surface area (Å²) in [4.78, 5) is 15.7. The van der Waals surface area contributed by atoms with Gasteiger partial charge in [-0.05, 0) is 12.8 Å². The molecular formula is C11H14N4O2. The van der Waals surface area contributed by atoms with Crippen molar-refractivity contribution in [3.63, 3.8) is 0 Å². The number of carbonyl (C=O) groups excluding carboxylic acids is 1. The number of esters is 1. The second-order valence-electron chi connectivity index (χ2n) is 4.46. The predicted octanol–water partition coefficient (Wildman–Crippen LogP) is 0.723. The quantitative estimate of drug-likeness (QED) is 0.764. The molecular weight excluding hydrogens is 220 g/mol. The lowest BCUT2D eigenvalue weighted by atomic mass is 10.1. The fraction of sp³-hybridized carbons (Fsp3) is 0.545. The molecule has 2 unspecified atom stereocenters. The van der Waals surface area contributed by atoms with Crippen LogP contribution in [-0.4, -0.2) is 29.1 Å². The Balaban J connectivity index is 1.92. The number of hydrogen-bond acceptors (Lipinski definition) is 5. The van der Waals surface area contributed by atoms with E-state index < -0.39 is 12.1 Å². The summed E-state index contributed by atoms with van der Waals surface area (Å²) >= 11 is 0. The van der Waals surface area contributed by atoms with Gasteiger partial charge in [-0.2, -0.15) is 5.10 Å². The van der Waals surface area contributed by atoms with Crippen LogP contribution in [-0.2, 0) is 9.53 Å². The van der Waals surface area contributed by atoms with Crippen LogP contribution < -0.4 is 5.73 Å². The third kappa shape index (κ3) is 1.64. The molecule has 6 nitrogen and oxygen atoms in total. The maximum absolute atomic E-state index is 11.5. The Labute approximate surface area is 98.5 Å². The van der Waals surface area contributed by atoms with Crippen molar-refractivity contribution in [2.24, 2.45) is 16.6 Å². The summed E-state index contributed by atoms with van der Waals surface area (Å²) in [7, 11) is 1.34. The lowest BCUT2D eigenvalue weighted by molar-refractivity contribution is -0.144. The largest absolute Gasteiger partial charge is 0.468 e. The molecule has 3 rings (SSSR count). The highest BCUT2D eigenvalue weighted by Crippen LogP contribution is 2.41. The molecule has 17 heavy (non-hydrogen) atoms. The van der Waals surface area contributed by atoms with E-state index in [-0.39, 0.29) is 5.97 Å². The SMILES string of the molecule is COC(=O)C1C=Nc2cc(C3CC3)nn2C1N. The van der Waals surface area contributed by atoms with Gasteiger partial charge < -0.3 is 10.5 Å². The second kappa shape index (κ2) is 3.66. The first-order chi connectivity index (χ1) is 8.20. The van der Waals surface area contributed by atoms with Crippen LogP contribution in [0.5, 0.6) is 0 Å². The standard InChI is InChI=1S/C11H14N4O2/c1-17-11(16)7-5-13-9-4-8(6-2-3-6)14-15(9)10(7)12/h4-7,10H,2-3,12H2,1H3. The van der Waals surface area contributed by atoms with Crippen molar-refractivity contribution in [2.45, 2.75) is 24.9 Å². The third-order valence-corrected chi connectivity index (χ3v) is 3.22. The van der Waals surface area contributed by atoms with Gasteiger partial charge in [-0.15, -0.1) is 0 Å². The maximum atomic E-state index is 11.5. The zero-order valence-corrected chi connectivity index (χ0v) is 9.54. The minimum absolute atomic E-state index is 0.379. The molecule has 0 bridgehead atoms. The number of nitrogens with two attached hydrogens (primary N) is 1. The number of fused-ring (bicyclic) bond motifs is 1. The number of rotatable bonds is 2. The van der Waals surface area contributed by atoms with E-state index in [9.17, 15) is 4.79 Å². The summed E-state index contributed by atoms with van der Waals surface area (Å²) < 4.78 is 6.31. The number of carbonyl (C=O) groups is 1. The molecule has 0 radical (unpaired) electrons. The third-order valence-electron chi connectivity index (χ3n) is 3.22. The number of aliphatic imine (C=N–C) groups is 1. The molecule has 1 aromatic rings. The zero-order chi connectivity index (χ0) is 12.0. The first-order valence-corrected chi connectivity index (χ1v) is 5.67. The van der Waals surface area contributed by atoms with E-state index in [1.165, 1.54) is 20.0 Å². The van der Waals surface area contributed by atoms with Crippen LogP contribution in [0.3, 0.4) is 0 Å². The molecule has 6 heteroatoms. The van der Waals surface area contributed by atoms with Crippen molar-refractivity contribution < 1.29 is 9.53 Å². The molecule has 0 spiro atoms. The molecule has 0 amide bonds. The Morgan fingerprint density at radius 1 is 1.59 bits per heavy atom. The molecule has 2 N–H and O–H groups in total. The van der Waals surface area contributed by atoms with Gasteiger partial charge in [-0.1, -0.05) is 0 Å². The van der Waals surface area contributed by atoms with E-state index >= 15 is 0 Å². The average molecular weight is 234 g/mol. The second-order valence-corrected chi connectivity index (χ2v) is 4.46. The lowest BCUT2D eigenvalue weighted by Gasteiger charge is -2.22. The van der Waals surface area contributed by atoms with E-state index in [2.05, 4.69) is 10.1 Å². The van der Waals surface area contributed by atoms with Crippen LogP contribution in [0.1, 0.15) is 30.6 Å². The summed E-state index contributed by atoms with van der Waals surface area (Å²) in [6.45, 7) is 0. The summed E-state index contributed by atoms with van der Waals surface area (Å²) in [5, 5.41) is 4.43. The number of methoxy groups -OCH3 is 1. The lowest BCUT2D eigenvalue weighted by Crippen LogP contribution is -2.37. The number of nitrogens with zero attached hydrogens (tertiary/aromatic N) is 3. The van der Waals surface area contributed by atoms with Gasteiger partial charge in [0, 0.05) is 18.2 Å². The van der Waals surface area contributed by atoms with Gasteiger partial charge in [0.1, 0.15) is 12.1 Å². The topological polar surface area (TPSA) is 82.5 Å². The Hall–Kier alpha value is -1.69. The van der Waals surface area contributed by atoms with Crippen LogP contribution in [0.4, 0.5) is 5.82 Å². The molecule has 2 heterocycles. The molecule has 0 aromatic carbocycles. The molecule has 1 fully saturated rings. The first kappa shape index (κ1) is 10.5. The van der Waals surface area contributed by atoms with Crippen LogP contribution in [0.25, 0.3) is 0 Å². The van der Waals surface area contributed by atoms with E-state index in [1.54, 1.807) is 10.9 Å². The Morgan fingerprint density at radius 2 is 2.35 bits per heavy atom. The predicted molar refractivity (Wildman–Crippen MR) is 61.1 cm³/mol. The fourth-order valence-electron chi connectivity index (χ4n) is 2.03. The van der Waals surface area contributed by atoms with Crippen molar-refractivity contribution in [2.75, 3.05) is 7.11 Å². The Bertz CT molecular complexity index is 490. The Morgan fingerprint density at radius 3 is 3.00 bits per heavy atom. The van der Waals surface area contributed by atoms with E-state index in [1.807, 2.05) is 6.07 Å². The van der Waals surface area contributed by atoms with Crippen LogP contribution in [0.2, 0.25) is 0 Å². The molecule has 2 aliphatic rings.